The molecule has 0 fully saturated rings. The van der Waals surface area contributed by atoms with Crippen LogP contribution in [0.1, 0.15) is 37.0 Å². The summed E-state index contributed by atoms with van der Waals surface area (Å²) in [4.78, 5) is 15.5. The molecule has 18 heavy (non-hydrogen) atoms. The molecule has 1 aromatic heterocycles. The molecule has 1 amide bonds. The van der Waals surface area contributed by atoms with Crippen LogP contribution < -0.4 is 5.32 Å². The van der Waals surface area contributed by atoms with Crippen molar-refractivity contribution >= 4 is 17.5 Å². The molecule has 5 heteroatoms. The Labute approximate surface area is 112 Å². The molecule has 1 N–H and O–H groups in total. The minimum absolute atomic E-state index is 0.0992. The van der Waals surface area contributed by atoms with Gasteiger partial charge < -0.3 is 5.32 Å². The smallest absolute Gasteiger partial charge is 0.252 e. The molecule has 0 bridgehead atoms. The Hall–Kier alpha value is -1.16. The molecule has 0 saturated carbocycles. The van der Waals surface area contributed by atoms with Gasteiger partial charge in [-0.15, -0.1) is 11.6 Å². The van der Waals surface area contributed by atoms with E-state index in [9.17, 15) is 9.18 Å². The molecule has 0 saturated heterocycles. The van der Waals surface area contributed by atoms with Crippen LogP contribution in [0.4, 0.5) is 4.39 Å². The molecule has 0 aliphatic heterocycles. The molecule has 1 aromatic rings. The third-order valence-corrected chi connectivity index (χ3v) is 3.94. The first-order valence-corrected chi connectivity index (χ1v) is 6.55. The molecule has 3 nitrogen and oxygen atoms in total. The summed E-state index contributed by atoms with van der Waals surface area (Å²) in [6.45, 7) is 4.57. The summed E-state index contributed by atoms with van der Waals surface area (Å²) in [5, 5.41) is 2.79. The fraction of sp³-hybridized carbons (Fsp3) is 0.538. The van der Waals surface area contributed by atoms with E-state index in [-0.39, 0.29) is 16.9 Å². The Kier molecular flexibility index (Phi) is 5.54. The molecular formula is C13H18ClFN2O. The second-order valence-corrected chi connectivity index (χ2v) is 4.68. The van der Waals surface area contributed by atoms with E-state index in [4.69, 9.17) is 11.6 Å². The van der Waals surface area contributed by atoms with E-state index in [0.29, 0.717) is 12.4 Å². The number of pyridine rings is 1. The zero-order valence-corrected chi connectivity index (χ0v) is 11.4. The van der Waals surface area contributed by atoms with E-state index < -0.39 is 5.82 Å². The number of carbonyl (C=O) groups excluding carboxylic acids is 1. The summed E-state index contributed by atoms with van der Waals surface area (Å²) in [5.74, 6) is -0.350. The summed E-state index contributed by atoms with van der Waals surface area (Å²) in [6.07, 6.45) is 4.18. The first-order valence-electron chi connectivity index (χ1n) is 6.01. The summed E-state index contributed by atoms with van der Waals surface area (Å²) in [6, 6.07) is 1.17. The Morgan fingerprint density at radius 2 is 2.11 bits per heavy atom. The quantitative estimate of drug-likeness (QED) is 0.809. The van der Waals surface area contributed by atoms with Gasteiger partial charge in [0.05, 0.1) is 11.8 Å². The maximum Gasteiger partial charge on any atom is 0.252 e. The third kappa shape index (κ3) is 3.67. The van der Waals surface area contributed by atoms with Gasteiger partial charge in [-0.3, -0.25) is 9.78 Å². The van der Waals surface area contributed by atoms with Crippen LogP contribution in [0.15, 0.2) is 18.5 Å². The van der Waals surface area contributed by atoms with Crippen molar-refractivity contribution in [2.75, 3.05) is 12.4 Å². The lowest BCUT2D eigenvalue weighted by atomic mass is 9.84. The van der Waals surface area contributed by atoms with Crippen molar-refractivity contribution in [3.63, 3.8) is 0 Å². The van der Waals surface area contributed by atoms with Crippen LogP contribution in [0, 0.1) is 11.2 Å². The van der Waals surface area contributed by atoms with Crippen LogP contribution in [0.2, 0.25) is 0 Å². The van der Waals surface area contributed by atoms with Crippen LogP contribution in [0.25, 0.3) is 0 Å². The fourth-order valence-corrected chi connectivity index (χ4v) is 2.11. The molecule has 0 aromatic carbocycles. The predicted molar refractivity (Wildman–Crippen MR) is 70.3 cm³/mol. The number of hydrogen-bond acceptors (Lipinski definition) is 2. The van der Waals surface area contributed by atoms with Crippen molar-refractivity contribution in [3.8, 4) is 0 Å². The Bertz CT molecular complexity index is 399. The highest BCUT2D eigenvalue weighted by Gasteiger charge is 2.25. The SMILES string of the molecule is CCC(CC)(CCl)CNC(=O)c1cncc(F)c1. The number of alkyl halides is 1. The molecule has 1 heterocycles. The lowest BCUT2D eigenvalue weighted by molar-refractivity contribution is 0.0931. The average molecular weight is 273 g/mol. The monoisotopic (exact) mass is 272 g/mol. The van der Waals surface area contributed by atoms with Gasteiger partial charge in [0.25, 0.3) is 5.91 Å². The van der Waals surface area contributed by atoms with Crippen molar-refractivity contribution in [3.05, 3.63) is 29.8 Å². The minimum atomic E-state index is -0.516. The highest BCUT2D eigenvalue weighted by atomic mass is 35.5. The summed E-state index contributed by atoms with van der Waals surface area (Å²) >= 11 is 5.96. The number of amides is 1. The van der Waals surface area contributed by atoms with Gasteiger partial charge in [-0.25, -0.2) is 4.39 Å². The highest BCUT2D eigenvalue weighted by molar-refractivity contribution is 6.18. The molecule has 0 spiro atoms. The van der Waals surface area contributed by atoms with Gasteiger partial charge in [0.15, 0.2) is 0 Å². The van der Waals surface area contributed by atoms with E-state index in [1.54, 1.807) is 0 Å². The number of aromatic nitrogens is 1. The average Bonchev–Trinajstić information content (AvgIpc) is 2.40. The third-order valence-electron chi connectivity index (χ3n) is 3.37. The Morgan fingerprint density at radius 3 is 2.61 bits per heavy atom. The normalized spacial score (nSPS) is 11.3. The van der Waals surface area contributed by atoms with E-state index >= 15 is 0 Å². The van der Waals surface area contributed by atoms with E-state index in [1.807, 2.05) is 13.8 Å². The minimum Gasteiger partial charge on any atom is -0.351 e. The van der Waals surface area contributed by atoms with Crippen molar-refractivity contribution in [2.45, 2.75) is 26.7 Å². The largest absolute Gasteiger partial charge is 0.351 e. The van der Waals surface area contributed by atoms with Gasteiger partial charge in [0.2, 0.25) is 0 Å². The summed E-state index contributed by atoms with van der Waals surface area (Å²) in [7, 11) is 0. The first kappa shape index (κ1) is 14.9. The van der Waals surface area contributed by atoms with Gasteiger partial charge in [-0.2, -0.15) is 0 Å². The number of nitrogens with zero attached hydrogens (tertiary/aromatic N) is 1. The standard InChI is InChI=1S/C13H18ClFN2O/c1-3-13(4-2,8-14)9-17-12(18)10-5-11(15)7-16-6-10/h5-7H,3-4,8-9H2,1-2H3,(H,17,18). The molecule has 0 unspecified atom stereocenters. The van der Waals surface area contributed by atoms with Crippen LogP contribution >= 0.6 is 11.6 Å². The number of carbonyl (C=O) groups is 1. The van der Waals surface area contributed by atoms with Crippen LogP contribution in [0.5, 0.6) is 0 Å². The topological polar surface area (TPSA) is 42.0 Å². The van der Waals surface area contributed by atoms with E-state index in [0.717, 1.165) is 19.0 Å². The summed E-state index contributed by atoms with van der Waals surface area (Å²) in [5.41, 5.74) is 0.128. The molecule has 1 rings (SSSR count). The van der Waals surface area contributed by atoms with Crippen LogP contribution in [-0.4, -0.2) is 23.3 Å². The van der Waals surface area contributed by atoms with E-state index in [1.165, 1.54) is 12.3 Å². The number of halogens is 2. The zero-order valence-electron chi connectivity index (χ0n) is 10.7. The molecule has 0 aliphatic carbocycles. The van der Waals surface area contributed by atoms with Crippen molar-refractivity contribution in [2.24, 2.45) is 5.41 Å². The van der Waals surface area contributed by atoms with Crippen molar-refractivity contribution in [1.82, 2.24) is 10.3 Å². The molecule has 0 radical (unpaired) electrons. The Morgan fingerprint density at radius 1 is 1.44 bits per heavy atom. The fourth-order valence-electron chi connectivity index (χ4n) is 1.64. The van der Waals surface area contributed by atoms with Gasteiger partial charge in [0, 0.05) is 24.0 Å². The van der Waals surface area contributed by atoms with Gasteiger partial charge in [-0.05, 0) is 18.9 Å². The molecule has 0 aliphatic rings. The second kappa shape index (κ2) is 6.69. The lowest BCUT2D eigenvalue weighted by Gasteiger charge is -2.29. The predicted octanol–water partition coefficient (Wildman–Crippen LogP) is 3.00. The number of hydrogen-bond donors (Lipinski definition) is 1. The van der Waals surface area contributed by atoms with Gasteiger partial charge in [0.1, 0.15) is 5.82 Å². The van der Waals surface area contributed by atoms with E-state index in [2.05, 4.69) is 10.3 Å². The maximum atomic E-state index is 12.9. The number of rotatable bonds is 6. The second-order valence-electron chi connectivity index (χ2n) is 4.42. The first-order chi connectivity index (χ1) is 8.56. The van der Waals surface area contributed by atoms with Gasteiger partial charge >= 0.3 is 0 Å². The zero-order chi connectivity index (χ0) is 13.6. The maximum absolute atomic E-state index is 12.9. The highest BCUT2D eigenvalue weighted by Crippen LogP contribution is 2.26. The van der Waals surface area contributed by atoms with Crippen LogP contribution in [-0.2, 0) is 0 Å². The molecule has 0 atom stereocenters. The Balaban J connectivity index is 2.66. The van der Waals surface area contributed by atoms with Crippen molar-refractivity contribution in [1.29, 1.82) is 0 Å². The number of nitrogens with one attached hydrogen (secondary N) is 1. The van der Waals surface area contributed by atoms with Crippen LogP contribution in [0.3, 0.4) is 0 Å². The molecular weight excluding hydrogens is 255 g/mol. The van der Waals surface area contributed by atoms with Gasteiger partial charge in [-0.1, -0.05) is 13.8 Å². The van der Waals surface area contributed by atoms with Crippen molar-refractivity contribution < 1.29 is 9.18 Å². The molecule has 100 valence electrons. The lowest BCUT2D eigenvalue weighted by Crippen LogP contribution is -2.38. The summed E-state index contributed by atoms with van der Waals surface area (Å²) < 4.78 is 12.9.